The lowest BCUT2D eigenvalue weighted by Crippen LogP contribution is -1.98. The topological polar surface area (TPSA) is 50.3 Å². The molecule has 1 aromatic heterocycles. The second kappa shape index (κ2) is 7.49. The molecule has 0 radical (unpaired) electrons. The predicted molar refractivity (Wildman–Crippen MR) is 94.3 cm³/mol. The van der Waals surface area contributed by atoms with Crippen LogP contribution >= 0.6 is 11.6 Å². The second-order valence-corrected chi connectivity index (χ2v) is 5.49. The summed E-state index contributed by atoms with van der Waals surface area (Å²) in [5.41, 5.74) is 3.27. The maximum absolute atomic E-state index is 9.05. The lowest BCUT2D eigenvalue weighted by molar-refractivity contribution is 0.132. The van der Waals surface area contributed by atoms with Crippen molar-refractivity contribution in [2.45, 2.75) is 6.61 Å². The van der Waals surface area contributed by atoms with Crippen molar-refractivity contribution in [2.24, 2.45) is 5.16 Å². The van der Waals surface area contributed by atoms with Crippen molar-refractivity contribution in [2.75, 3.05) is 0 Å². The molecular weight excluding hydrogens is 322 g/mol. The summed E-state index contributed by atoms with van der Waals surface area (Å²) in [6, 6.07) is 20.9. The van der Waals surface area contributed by atoms with Crippen LogP contribution in [0.5, 0.6) is 0 Å². The van der Waals surface area contributed by atoms with Crippen LogP contribution in [0.3, 0.4) is 0 Å². The zero-order valence-electron chi connectivity index (χ0n) is 12.8. The molecular formula is C19H14ClN3O. The van der Waals surface area contributed by atoms with Crippen LogP contribution in [0.4, 0.5) is 0 Å². The molecule has 0 aliphatic rings. The van der Waals surface area contributed by atoms with E-state index in [0.717, 1.165) is 16.9 Å². The number of halogens is 1. The van der Waals surface area contributed by atoms with Crippen LogP contribution in [-0.2, 0) is 11.4 Å². The van der Waals surface area contributed by atoms with E-state index in [1.165, 1.54) is 0 Å². The minimum absolute atomic E-state index is 0.252. The van der Waals surface area contributed by atoms with Gasteiger partial charge in [-0.15, -0.1) is 0 Å². The Labute approximate surface area is 145 Å². The van der Waals surface area contributed by atoms with E-state index in [2.05, 4.69) is 11.2 Å². The summed E-state index contributed by atoms with van der Waals surface area (Å²) < 4.78 is 1.98. The van der Waals surface area contributed by atoms with Gasteiger partial charge < -0.3 is 9.40 Å². The van der Waals surface area contributed by atoms with Gasteiger partial charge in [-0.3, -0.25) is 0 Å². The van der Waals surface area contributed by atoms with E-state index in [1.54, 1.807) is 12.3 Å². The molecule has 118 valence electrons. The monoisotopic (exact) mass is 335 g/mol. The first-order chi connectivity index (χ1) is 11.8. The van der Waals surface area contributed by atoms with Crippen LogP contribution in [0.2, 0.25) is 5.02 Å². The molecule has 0 unspecified atom stereocenters. The van der Waals surface area contributed by atoms with Crippen molar-refractivity contribution in [3.8, 4) is 11.8 Å². The Morgan fingerprint density at radius 3 is 2.67 bits per heavy atom. The minimum Gasteiger partial charge on any atom is -0.391 e. The summed E-state index contributed by atoms with van der Waals surface area (Å²) in [5, 5.41) is 13.8. The number of nitriles is 1. The number of oxime groups is 1. The van der Waals surface area contributed by atoms with E-state index in [0.29, 0.717) is 10.6 Å². The maximum Gasteiger partial charge on any atom is 0.143 e. The number of benzene rings is 2. The SMILES string of the molecule is N#Cc1ccccc1CO/N=C\c1cccn1-c1ccc(Cl)cc1. The maximum atomic E-state index is 9.05. The molecule has 1 heterocycles. The first kappa shape index (κ1) is 15.9. The average Bonchev–Trinajstić information content (AvgIpc) is 3.08. The lowest BCUT2D eigenvalue weighted by Gasteiger charge is -2.06. The van der Waals surface area contributed by atoms with Crippen molar-refractivity contribution in [1.82, 2.24) is 4.57 Å². The molecule has 0 aliphatic carbocycles. The second-order valence-electron chi connectivity index (χ2n) is 5.06. The van der Waals surface area contributed by atoms with E-state index in [4.69, 9.17) is 21.7 Å². The zero-order valence-corrected chi connectivity index (χ0v) is 13.5. The molecule has 0 fully saturated rings. The van der Waals surface area contributed by atoms with Gasteiger partial charge in [0.05, 0.1) is 23.5 Å². The van der Waals surface area contributed by atoms with Gasteiger partial charge in [-0.2, -0.15) is 5.26 Å². The summed E-state index contributed by atoms with van der Waals surface area (Å²) in [6.07, 6.45) is 3.58. The number of aromatic nitrogens is 1. The third kappa shape index (κ3) is 3.65. The van der Waals surface area contributed by atoms with Crippen molar-refractivity contribution in [3.05, 3.63) is 88.7 Å². The van der Waals surface area contributed by atoms with E-state index in [1.807, 2.05) is 65.4 Å². The minimum atomic E-state index is 0.252. The Hall–Kier alpha value is -3.03. The molecule has 0 bridgehead atoms. The zero-order chi connectivity index (χ0) is 16.8. The summed E-state index contributed by atoms with van der Waals surface area (Å²) in [4.78, 5) is 5.33. The molecule has 0 aliphatic heterocycles. The lowest BCUT2D eigenvalue weighted by atomic mass is 10.1. The highest BCUT2D eigenvalue weighted by Gasteiger charge is 2.02. The standard InChI is InChI=1S/C19H14ClN3O/c20-17-7-9-18(10-8-17)23-11-3-6-19(23)13-22-24-14-16-5-2-1-4-15(16)12-21/h1-11,13H,14H2/b22-13-. The van der Waals surface area contributed by atoms with Gasteiger partial charge in [0.15, 0.2) is 0 Å². The van der Waals surface area contributed by atoms with Crippen molar-refractivity contribution in [3.63, 3.8) is 0 Å². The molecule has 0 atom stereocenters. The Kier molecular flexibility index (Phi) is 4.95. The summed E-state index contributed by atoms with van der Waals surface area (Å²) >= 11 is 5.92. The number of hydrogen-bond donors (Lipinski definition) is 0. The first-order valence-corrected chi connectivity index (χ1v) is 7.72. The van der Waals surface area contributed by atoms with Crippen LogP contribution in [0.1, 0.15) is 16.8 Å². The molecule has 0 saturated carbocycles. The van der Waals surface area contributed by atoms with E-state index < -0.39 is 0 Å². The molecule has 5 heteroatoms. The van der Waals surface area contributed by atoms with Gasteiger partial charge >= 0.3 is 0 Å². The van der Waals surface area contributed by atoms with Crippen LogP contribution < -0.4 is 0 Å². The van der Waals surface area contributed by atoms with Crippen LogP contribution in [0.15, 0.2) is 72.0 Å². The van der Waals surface area contributed by atoms with Gasteiger partial charge in [-0.1, -0.05) is 35.0 Å². The largest absolute Gasteiger partial charge is 0.391 e. The Morgan fingerprint density at radius 1 is 1.08 bits per heavy atom. The van der Waals surface area contributed by atoms with Crippen molar-refractivity contribution < 1.29 is 4.84 Å². The van der Waals surface area contributed by atoms with Crippen LogP contribution in [0, 0.1) is 11.3 Å². The van der Waals surface area contributed by atoms with Gasteiger partial charge in [0.2, 0.25) is 0 Å². The summed E-state index contributed by atoms with van der Waals surface area (Å²) in [5.74, 6) is 0. The van der Waals surface area contributed by atoms with Gasteiger partial charge in [0, 0.05) is 22.5 Å². The highest BCUT2D eigenvalue weighted by atomic mass is 35.5. The van der Waals surface area contributed by atoms with Crippen LogP contribution in [0.25, 0.3) is 5.69 Å². The van der Waals surface area contributed by atoms with E-state index >= 15 is 0 Å². The number of hydrogen-bond acceptors (Lipinski definition) is 3. The van der Waals surface area contributed by atoms with E-state index in [9.17, 15) is 0 Å². The molecule has 4 nitrogen and oxygen atoms in total. The van der Waals surface area contributed by atoms with Crippen molar-refractivity contribution >= 4 is 17.8 Å². The molecule has 2 aromatic carbocycles. The number of rotatable bonds is 5. The predicted octanol–water partition coefficient (Wildman–Crippen LogP) is 4.55. The van der Waals surface area contributed by atoms with Gasteiger partial charge in [0.25, 0.3) is 0 Å². The third-order valence-electron chi connectivity index (χ3n) is 3.50. The molecule has 3 aromatic rings. The Bertz CT molecular complexity index is 891. The summed E-state index contributed by atoms with van der Waals surface area (Å²) in [7, 11) is 0. The van der Waals surface area contributed by atoms with E-state index in [-0.39, 0.29) is 6.61 Å². The van der Waals surface area contributed by atoms with Gasteiger partial charge in [-0.25, -0.2) is 0 Å². The fourth-order valence-electron chi connectivity index (χ4n) is 2.29. The molecule has 0 amide bonds. The molecule has 24 heavy (non-hydrogen) atoms. The average molecular weight is 336 g/mol. The van der Waals surface area contributed by atoms with Crippen molar-refractivity contribution in [1.29, 1.82) is 5.26 Å². The smallest absolute Gasteiger partial charge is 0.143 e. The van der Waals surface area contributed by atoms with Gasteiger partial charge in [0.1, 0.15) is 6.61 Å². The third-order valence-corrected chi connectivity index (χ3v) is 3.75. The molecule has 0 saturated heterocycles. The van der Waals surface area contributed by atoms with Gasteiger partial charge in [-0.05, 0) is 42.5 Å². The molecule has 0 spiro atoms. The summed E-state index contributed by atoms with van der Waals surface area (Å²) in [6.45, 7) is 0.252. The molecule has 3 rings (SSSR count). The Balaban J connectivity index is 1.69. The fraction of sp³-hybridized carbons (Fsp3) is 0.0526. The fourth-order valence-corrected chi connectivity index (χ4v) is 2.42. The van der Waals surface area contributed by atoms with Crippen LogP contribution in [-0.4, -0.2) is 10.8 Å². The highest BCUT2D eigenvalue weighted by molar-refractivity contribution is 6.30. The number of nitrogens with zero attached hydrogens (tertiary/aromatic N) is 3. The normalized spacial score (nSPS) is 10.7. The quantitative estimate of drug-likeness (QED) is 0.507. The Morgan fingerprint density at radius 2 is 1.88 bits per heavy atom. The highest BCUT2D eigenvalue weighted by Crippen LogP contribution is 2.15. The first-order valence-electron chi connectivity index (χ1n) is 7.34. The molecule has 0 N–H and O–H groups in total.